The van der Waals surface area contributed by atoms with Crippen LogP contribution < -0.4 is 5.32 Å². The van der Waals surface area contributed by atoms with Crippen molar-refractivity contribution in [1.29, 1.82) is 0 Å². The van der Waals surface area contributed by atoms with Crippen LogP contribution in [0.1, 0.15) is 30.0 Å². The molecule has 0 heterocycles. The molecule has 2 heteroatoms. The lowest BCUT2D eigenvalue weighted by atomic mass is 9.97. The van der Waals surface area contributed by atoms with Crippen molar-refractivity contribution < 1.29 is 0 Å². The van der Waals surface area contributed by atoms with Crippen molar-refractivity contribution in [2.24, 2.45) is 5.92 Å². The van der Waals surface area contributed by atoms with Gasteiger partial charge < -0.3 is 5.32 Å². The van der Waals surface area contributed by atoms with Crippen LogP contribution in [0.3, 0.4) is 0 Å². The predicted molar refractivity (Wildman–Crippen MR) is 69.6 cm³/mol. The number of hydrogen-bond acceptors (Lipinski definition) is 1. The number of halogens is 1. The second kappa shape index (κ2) is 5.03. The standard InChI is InChI=1S/C14H18ClN/c1-10-5-3-4-6-13(10)14(12-7-8-12)16-9-11(2)15/h3-6,12,14,16H,2,7-9H2,1H3. The minimum atomic E-state index is 0.441. The molecule has 1 unspecified atom stereocenters. The monoisotopic (exact) mass is 235 g/mol. The first-order valence-corrected chi connectivity index (χ1v) is 6.18. The molecule has 16 heavy (non-hydrogen) atoms. The third kappa shape index (κ3) is 2.87. The summed E-state index contributed by atoms with van der Waals surface area (Å²) in [6.45, 7) is 6.59. The summed E-state index contributed by atoms with van der Waals surface area (Å²) in [5.74, 6) is 0.775. The molecule has 1 nitrogen and oxygen atoms in total. The third-order valence-corrected chi connectivity index (χ3v) is 3.26. The van der Waals surface area contributed by atoms with Crippen LogP contribution in [0.15, 0.2) is 35.9 Å². The van der Waals surface area contributed by atoms with E-state index in [0.29, 0.717) is 17.6 Å². The van der Waals surface area contributed by atoms with Gasteiger partial charge in [-0.15, -0.1) is 0 Å². The molecule has 1 aromatic rings. The van der Waals surface area contributed by atoms with Crippen LogP contribution >= 0.6 is 11.6 Å². The van der Waals surface area contributed by atoms with Crippen molar-refractivity contribution in [2.75, 3.05) is 6.54 Å². The Morgan fingerprint density at radius 2 is 2.19 bits per heavy atom. The van der Waals surface area contributed by atoms with Gasteiger partial charge in [-0.3, -0.25) is 0 Å². The highest BCUT2D eigenvalue weighted by Crippen LogP contribution is 2.41. The highest BCUT2D eigenvalue weighted by atomic mass is 35.5. The number of benzene rings is 1. The van der Waals surface area contributed by atoms with Gasteiger partial charge in [0.2, 0.25) is 0 Å². The molecule has 2 rings (SSSR count). The molecule has 0 aromatic heterocycles. The van der Waals surface area contributed by atoms with Gasteiger partial charge in [0.1, 0.15) is 0 Å². The first-order valence-electron chi connectivity index (χ1n) is 5.80. The second-order valence-corrected chi connectivity index (χ2v) is 5.10. The summed E-state index contributed by atoms with van der Waals surface area (Å²) < 4.78 is 0. The molecule has 0 saturated heterocycles. The van der Waals surface area contributed by atoms with E-state index in [0.717, 1.165) is 5.92 Å². The molecule has 0 spiro atoms. The second-order valence-electron chi connectivity index (χ2n) is 4.57. The Labute approximate surface area is 103 Å². The topological polar surface area (TPSA) is 12.0 Å². The van der Waals surface area contributed by atoms with E-state index in [4.69, 9.17) is 11.6 Å². The van der Waals surface area contributed by atoms with Gasteiger partial charge in [0.05, 0.1) is 0 Å². The van der Waals surface area contributed by atoms with Crippen molar-refractivity contribution in [3.05, 3.63) is 47.0 Å². The number of aryl methyl sites for hydroxylation is 1. The van der Waals surface area contributed by atoms with Crippen molar-refractivity contribution in [2.45, 2.75) is 25.8 Å². The van der Waals surface area contributed by atoms with Gasteiger partial charge in [-0.1, -0.05) is 42.4 Å². The number of rotatable bonds is 5. The van der Waals surface area contributed by atoms with Crippen molar-refractivity contribution in [3.63, 3.8) is 0 Å². The van der Waals surface area contributed by atoms with Gasteiger partial charge >= 0.3 is 0 Å². The first-order chi connectivity index (χ1) is 7.68. The smallest absolute Gasteiger partial charge is 0.0354 e. The fourth-order valence-electron chi connectivity index (χ4n) is 2.12. The maximum atomic E-state index is 5.82. The first kappa shape index (κ1) is 11.7. The molecule has 0 bridgehead atoms. The fourth-order valence-corrected chi connectivity index (χ4v) is 2.19. The SMILES string of the molecule is C=C(Cl)CNC(c1ccccc1C)C1CC1. The summed E-state index contributed by atoms with van der Waals surface area (Å²) in [4.78, 5) is 0. The Balaban J connectivity index is 2.12. The summed E-state index contributed by atoms with van der Waals surface area (Å²) in [5, 5.41) is 4.19. The van der Waals surface area contributed by atoms with Gasteiger partial charge in [0, 0.05) is 17.6 Å². The molecular formula is C14H18ClN. The Morgan fingerprint density at radius 1 is 1.50 bits per heavy atom. The summed E-state index contributed by atoms with van der Waals surface area (Å²) in [5.41, 5.74) is 2.76. The molecule has 0 radical (unpaired) electrons. The largest absolute Gasteiger partial charge is 0.305 e. The summed E-state index contributed by atoms with van der Waals surface area (Å²) in [6, 6.07) is 9.01. The van der Waals surface area contributed by atoms with E-state index >= 15 is 0 Å². The van der Waals surface area contributed by atoms with Gasteiger partial charge in [-0.05, 0) is 36.8 Å². The average molecular weight is 236 g/mol. The Morgan fingerprint density at radius 3 is 2.75 bits per heavy atom. The molecule has 1 aliphatic carbocycles. The minimum Gasteiger partial charge on any atom is -0.305 e. The predicted octanol–water partition coefficient (Wildman–Crippen LogP) is 3.79. The van der Waals surface area contributed by atoms with E-state index in [2.05, 4.69) is 43.1 Å². The van der Waals surface area contributed by atoms with Crippen molar-refractivity contribution in [3.8, 4) is 0 Å². The molecule has 1 N–H and O–H groups in total. The molecule has 1 aliphatic rings. The van der Waals surface area contributed by atoms with Crippen molar-refractivity contribution in [1.82, 2.24) is 5.32 Å². The van der Waals surface area contributed by atoms with Gasteiger partial charge in [-0.25, -0.2) is 0 Å². The van der Waals surface area contributed by atoms with E-state index in [9.17, 15) is 0 Å². The quantitative estimate of drug-likeness (QED) is 0.819. The van der Waals surface area contributed by atoms with Crippen LogP contribution in [-0.4, -0.2) is 6.54 Å². The maximum Gasteiger partial charge on any atom is 0.0354 e. The Bertz CT molecular complexity index is 382. The van der Waals surface area contributed by atoms with Crippen LogP contribution in [0.4, 0.5) is 0 Å². The van der Waals surface area contributed by atoms with Gasteiger partial charge in [0.15, 0.2) is 0 Å². The average Bonchev–Trinajstić information content (AvgIpc) is 3.04. The summed E-state index contributed by atoms with van der Waals surface area (Å²) in [7, 11) is 0. The van der Waals surface area contributed by atoms with E-state index in [-0.39, 0.29) is 0 Å². The lowest BCUT2D eigenvalue weighted by Crippen LogP contribution is -2.24. The van der Waals surface area contributed by atoms with Crippen LogP contribution in [-0.2, 0) is 0 Å². The lowest BCUT2D eigenvalue weighted by molar-refractivity contribution is 0.504. The van der Waals surface area contributed by atoms with E-state index in [1.54, 1.807) is 0 Å². The van der Waals surface area contributed by atoms with E-state index in [1.165, 1.54) is 24.0 Å². The third-order valence-electron chi connectivity index (χ3n) is 3.13. The zero-order chi connectivity index (χ0) is 11.5. The highest BCUT2D eigenvalue weighted by Gasteiger charge is 2.32. The van der Waals surface area contributed by atoms with Crippen molar-refractivity contribution >= 4 is 11.6 Å². The molecular weight excluding hydrogens is 218 g/mol. The van der Waals surface area contributed by atoms with Crippen LogP contribution in [0, 0.1) is 12.8 Å². The Kier molecular flexibility index (Phi) is 3.67. The van der Waals surface area contributed by atoms with Crippen LogP contribution in [0.2, 0.25) is 0 Å². The molecule has 0 amide bonds. The lowest BCUT2D eigenvalue weighted by Gasteiger charge is -2.20. The number of nitrogens with one attached hydrogen (secondary N) is 1. The van der Waals surface area contributed by atoms with E-state index < -0.39 is 0 Å². The molecule has 86 valence electrons. The van der Waals surface area contributed by atoms with E-state index in [1.807, 2.05) is 0 Å². The fraction of sp³-hybridized carbons (Fsp3) is 0.429. The van der Waals surface area contributed by atoms with Crippen LogP contribution in [0.25, 0.3) is 0 Å². The minimum absolute atomic E-state index is 0.441. The molecule has 1 aromatic carbocycles. The zero-order valence-electron chi connectivity index (χ0n) is 9.67. The molecule has 0 aliphatic heterocycles. The summed E-state index contributed by atoms with van der Waals surface area (Å²) in [6.07, 6.45) is 2.64. The van der Waals surface area contributed by atoms with Gasteiger partial charge in [-0.2, -0.15) is 0 Å². The molecule has 1 atom stereocenters. The Hall–Kier alpha value is -0.790. The number of hydrogen-bond donors (Lipinski definition) is 1. The summed E-state index contributed by atoms with van der Waals surface area (Å²) >= 11 is 5.82. The highest BCUT2D eigenvalue weighted by molar-refractivity contribution is 6.29. The van der Waals surface area contributed by atoms with Gasteiger partial charge in [0.25, 0.3) is 0 Å². The maximum absolute atomic E-state index is 5.82. The zero-order valence-corrected chi connectivity index (χ0v) is 10.4. The van der Waals surface area contributed by atoms with Crippen LogP contribution in [0.5, 0.6) is 0 Å². The molecule has 1 saturated carbocycles. The molecule has 1 fully saturated rings. The normalized spacial score (nSPS) is 17.1.